The third kappa shape index (κ3) is 11.8. The number of nitrogens with zero attached hydrogens (tertiary/aromatic N) is 1. The third-order valence-corrected chi connectivity index (χ3v) is 9.83. The van der Waals surface area contributed by atoms with Crippen LogP contribution in [0.4, 0.5) is 11.4 Å². The number of amides is 1. The molecule has 0 aliphatic carbocycles. The minimum absolute atomic E-state index is 0.00421. The standard InChI is InChI=1S/C40H46N4O9S/c1-54(51,52)43-33-23-31(14-17-35(33)45)36(46)26-41-25-28-18-20-44(21-19-28)32-15-12-30(13-16-32)39(49)42-34(24-38(47)48)40(50)53-37(29-10-6-3-7-11-29)22-27-8-4-2-5-9-27/h2-17,23,28,34,36-37,41,43,45-46H,18-22,24-26H2,1H3,(H,42,49)(H,47,48)/t34-,36-,37?/m0/s1. The molecule has 4 aromatic rings. The number of anilines is 2. The van der Waals surface area contributed by atoms with E-state index in [4.69, 9.17) is 4.74 Å². The van der Waals surface area contributed by atoms with E-state index >= 15 is 0 Å². The van der Waals surface area contributed by atoms with Gasteiger partial charge in [0, 0.05) is 37.3 Å². The van der Waals surface area contributed by atoms with E-state index in [0.717, 1.165) is 49.0 Å². The van der Waals surface area contributed by atoms with Crippen molar-refractivity contribution in [1.29, 1.82) is 0 Å². The molecule has 0 spiro atoms. The maximum atomic E-state index is 13.4. The van der Waals surface area contributed by atoms with E-state index in [-0.39, 0.29) is 23.5 Å². The number of aliphatic hydroxyl groups excluding tert-OH is 1. The molecule has 1 saturated heterocycles. The van der Waals surface area contributed by atoms with Gasteiger partial charge in [-0.3, -0.25) is 14.3 Å². The Balaban J connectivity index is 1.11. The highest BCUT2D eigenvalue weighted by atomic mass is 32.2. The van der Waals surface area contributed by atoms with Gasteiger partial charge in [-0.25, -0.2) is 13.2 Å². The van der Waals surface area contributed by atoms with Crippen LogP contribution >= 0.6 is 0 Å². The van der Waals surface area contributed by atoms with E-state index in [1.165, 1.54) is 12.1 Å². The molecule has 1 amide bonds. The van der Waals surface area contributed by atoms with Crippen LogP contribution in [0.2, 0.25) is 0 Å². The number of piperidine rings is 1. The summed E-state index contributed by atoms with van der Waals surface area (Å²) in [5.41, 5.74) is 3.35. The maximum Gasteiger partial charge on any atom is 0.329 e. The predicted octanol–water partition coefficient (Wildman–Crippen LogP) is 4.40. The second-order valence-corrected chi connectivity index (χ2v) is 15.2. The number of phenols is 1. The molecule has 14 heteroatoms. The van der Waals surface area contributed by atoms with Crippen molar-refractivity contribution in [3.8, 4) is 5.75 Å². The van der Waals surface area contributed by atoms with Crippen molar-refractivity contribution >= 4 is 39.2 Å². The fraction of sp³-hybridized carbons (Fsp3) is 0.325. The first kappa shape index (κ1) is 39.8. The summed E-state index contributed by atoms with van der Waals surface area (Å²) in [6.45, 7) is 2.47. The number of carboxylic acids is 1. The number of carbonyl (C=O) groups excluding carboxylic acids is 2. The van der Waals surface area contributed by atoms with Crippen LogP contribution in [0.15, 0.2) is 103 Å². The van der Waals surface area contributed by atoms with E-state index in [1.807, 2.05) is 72.8 Å². The molecule has 0 radical (unpaired) electrons. The maximum absolute atomic E-state index is 13.4. The number of hydrogen-bond acceptors (Lipinski definition) is 10. The highest BCUT2D eigenvalue weighted by Gasteiger charge is 2.29. The second-order valence-electron chi connectivity index (χ2n) is 13.5. The molecule has 5 rings (SSSR count). The summed E-state index contributed by atoms with van der Waals surface area (Å²) in [6, 6.07) is 28.5. The Kier molecular flexibility index (Phi) is 13.7. The van der Waals surface area contributed by atoms with Gasteiger partial charge in [0.15, 0.2) is 0 Å². The summed E-state index contributed by atoms with van der Waals surface area (Å²) in [7, 11) is -3.60. The Morgan fingerprint density at radius 1 is 0.889 bits per heavy atom. The molecule has 1 fully saturated rings. The number of sulfonamides is 1. The second kappa shape index (κ2) is 18.5. The highest BCUT2D eigenvalue weighted by Crippen LogP contribution is 2.29. The fourth-order valence-electron chi connectivity index (χ4n) is 6.36. The lowest BCUT2D eigenvalue weighted by Crippen LogP contribution is -2.43. The Morgan fingerprint density at radius 3 is 2.17 bits per heavy atom. The zero-order valence-corrected chi connectivity index (χ0v) is 30.7. The molecule has 3 atom stereocenters. The predicted molar refractivity (Wildman–Crippen MR) is 205 cm³/mol. The van der Waals surface area contributed by atoms with Gasteiger partial charge in [0.2, 0.25) is 10.0 Å². The van der Waals surface area contributed by atoms with Crippen LogP contribution in [0, 0.1) is 5.92 Å². The zero-order valence-electron chi connectivity index (χ0n) is 29.9. The Hall–Kier alpha value is -5.44. The van der Waals surface area contributed by atoms with Crippen molar-refractivity contribution in [1.82, 2.24) is 10.6 Å². The first-order chi connectivity index (χ1) is 25.8. The highest BCUT2D eigenvalue weighted by molar-refractivity contribution is 7.92. The van der Waals surface area contributed by atoms with Crippen LogP contribution in [0.1, 0.15) is 58.5 Å². The van der Waals surface area contributed by atoms with Gasteiger partial charge in [0.25, 0.3) is 5.91 Å². The zero-order chi connectivity index (χ0) is 38.7. The Labute approximate surface area is 315 Å². The van der Waals surface area contributed by atoms with Crippen LogP contribution in [0.3, 0.4) is 0 Å². The number of esters is 1. The molecule has 1 heterocycles. The largest absolute Gasteiger partial charge is 0.506 e. The minimum Gasteiger partial charge on any atom is -0.506 e. The third-order valence-electron chi connectivity index (χ3n) is 9.24. The Bertz CT molecular complexity index is 1970. The summed E-state index contributed by atoms with van der Waals surface area (Å²) in [5.74, 6) is -2.55. The number of benzene rings is 4. The molecule has 6 N–H and O–H groups in total. The lowest BCUT2D eigenvalue weighted by Gasteiger charge is -2.34. The number of ether oxygens (including phenoxy) is 1. The van der Waals surface area contributed by atoms with Crippen LogP contribution in [-0.4, -0.2) is 80.1 Å². The number of hydrogen-bond donors (Lipinski definition) is 6. The molecule has 1 unspecified atom stereocenters. The molecule has 54 heavy (non-hydrogen) atoms. The van der Waals surface area contributed by atoms with Crippen molar-refractivity contribution in [3.05, 3.63) is 125 Å². The summed E-state index contributed by atoms with van der Waals surface area (Å²) < 4.78 is 31.3. The molecule has 4 aromatic carbocycles. The quantitative estimate of drug-likeness (QED) is 0.0660. The molecule has 13 nitrogen and oxygen atoms in total. The summed E-state index contributed by atoms with van der Waals surface area (Å²) in [4.78, 5) is 40.6. The monoisotopic (exact) mass is 758 g/mol. The van der Waals surface area contributed by atoms with E-state index in [1.54, 1.807) is 18.2 Å². The summed E-state index contributed by atoms with van der Waals surface area (Å²) >= 11 is 0. The van der Waals surface area contributed by atoms with Gasteiger partial charge < -0.3 is 35.6 Å². The van der Waals surface area contributed by atoms with Crippen LogP contribution in [0.25, 0.3) is 0 Å². The van der Waals surface area contributed by atoms with Crippen molar-refractivity contribution < 1.29 is 42.9 Å². The molecule has 286 valence electrons. The fourth-order valence-corrected chi connectivity index (χ4v) is 6.92. The number of nitrogens with one attached hydrogen (secondary N) is 3. The van der Waals surface area contributed by atoms with Crippen LogP contribution in [-0.2, 0) is 30.8 Å². The topological polar surface area (TPSA) is 195 Å². The molecule has 1 aliphatic heterocycles. The normalized spacial score (nSPS) is 15.1. The lowest BCUT2D eigenvalue weighted by atomic mass is 9.96. The van der Waals surface area contributed by atoms with Gasteiger partial charge in [-0.2, -0.15) is 0 Å². The van der Waals surface area contributed by atoms with Gasteiger partial charge in [0.1, 0.15) is 17.9 Å². The number of carboxylic acid groups (broad SMARTS) is 1. The smallest absolute Gasteiger partial charge is 0.329 e. The summed E-state index contributed by atoms with van der Waals surface area (Å²) in [5, 5.41) is 36.0. The average Bonchev–Trinajstić information content (AvgIpc) is 3.15. The van der Waals surface area contributed by atoms with E-state index in [9.17, 15) is 38.1 Å². The van der Waals surface area contributed by atoms with Crippen molar-refractivity contribution in [2.75, 3.05) is 42.1 Å². The molecule has 1 aliphatic rings. The lowest BCUT2D eigenvalue weighted by molar-refractivity contribution is -0.155. The SMILES string of the molecule is CS(=O)(=O)Nc1cc([C@@H](O)CNCC2CCN(c3ccc(C(=O)N[C@@H](CC(=O)O)C(=O)OC(Cc4ccccc4)c4ccccc4)cc3)CC2)ccc1O. The van der Waals surface area contributed by atoms with Gasteiger partial charge in [-0.1, -0.05) is 66.7 Å². The molecule has 0 saturated carbocycles. The number of rotatable bonds is 17. The molecular formula is C40H46N4O9S. The Morgan fingerprint density at radius 2 is 1.54 bits per heavy atom. The first-order valence-corrected chi connectivity index (χ1v) is 19.6. The van der Waals surface area contributed by atoms with Gasteiger partial charge >= 0.3 is 11.9 Å². The van der Waals surface area contributed by atoms with Crippen molar-refractivity contribution in [2.24, 2.45) is 5.92 Å². The molecule has 0 aromatic heterocycles. The number of aromatic hydroxyl groups is 1. The summed E-state index contributed by atoms with van der Waals surface area (Å²) in [6.07, 6.45) is 0.900. The van der Waals surface area contributed by atoms with Gasteiger partial charge in [-0.05, 0) is 78.4 Å². The van der Waals surface area contributed by atoms with Gasteiger partial charge in [-0.15, -0.1) is 0 Å². The average molecular weight is 759 g/mol. The first-order valence-electron chi connectivity index (χ1n) is 17.7. The number of aliphatic hydroxyl groups is 1. The van der Waals surface area contributed by atoms with Gasteiger partial charge in [0.05, 0.1) is 24.5 Å². The van der Waals surface area contributed by atoms with E-state index in [0.29, 0.717) is 24.4 Å². The molecule has 0 bridgehead atoms. The van der Waals surface area contributed by atoms with Crippen molar-refractivity contribution in [2.45, 2.75) is 43.9 Å². The van der Waals surface area contributed by atoms with Crippen LogP contribution in [0.5, 0.6) is 5.75 Å². The van der Waals surface area contributed by atoms with E-state index < -0.39 is 52.5 Å². The van der Waals surface area contributed by atoms with Crippen LogP contribution < -0.4 is 20.3 Å². The molecular weight excluding hydrogens is 713 g/mol. The van der Waals surface area contributed by atoms with Crippen molar-refractivity contribution in [3.63, 3.8) is 0 Å². The number of aliphatic carboxylic acids is 1. The minimum atomic E-state index is -3.60. The number of carbonyl (C=O) groups is 3. The van der Waals surface area contributed by atoms with E-state index in [2.05, 4.69) is 20.3 Å². The number of phenolic OH excluding ortho intramolecular Hbond substituents is 1.